The average molecular weight is 321 g/mol. The van der Waals surface area contributed by atoms with Crippen molar-refractivity contribution in [3.8, 4) is 11.3 Å². The summed E-state index contributed by atoms with van der Waals surface area (Å²) in [4.78, 5) is 23.4. The molecule has 4 nitrogen and oxygen atoms in total. The maximum Gasteiger partial charge on any atom is 0.256 e. The summed E-state index contributed by atoms with van der Waals surface area (Å²) < 4.78 is 14.1. The molecule has 0 radical (unpaired) electrons. The van der Waals surface area contributed by atoms with Crippen molar-refractivity contribution in [1.29, 1.82) is 0 Å². The molecule has 1 aromatic carbocycles. The van der Waals surface area contributed by atoms with E-state index in [4.69, 9.17) is 0 Å². The lowest BCUT2D eigenvalue weighted by molar-refractivity contribution is 0.0793. The van der Waals surface area contributed by atoms with Gasteiger partial charge in [-0.15, -0.1) is 0 Å². The summed E-state index contributed by atoms with van der Waals surface area (Å²) in [7, 11) is 0. The third-order valence-electron chi connectivity index (χ3n) is 4.36. The molecule has 1 saturated heterocycles. The lowest BCUT2D eigenvalue weighted by Gasteiger charge is -2.17. The van der Waals surface area contributed by atoms with Crippen LogP contribution in [0.4, 0.5) is 4.39 Å². The minimum absolute atomic E-state index is 0.0519. The van der Waals surface area contributed by atoms with Crippen LogP contribution in [0.3, 0.4) is 0 Å². The van der Waals surface area contributed by atoms with Crippen molar-refractivity contribution in [2.75, 3.05) is 13.1 Å². The van der Waals surface area contributed by atoms with Gasteiger partial charge in [0.2, 0.25) is 0 Å². The molecule has 24 heavy (non-hydrogen) atoms. The molecule has 0 atom stereocenters. The Kier molecular flexibility index (Phi) is 3.69. The van der Waals surface area contributed by atoms with Crippen LogP contribution in [0.1, 0.15) is 23.2 Å². The summed E-state index contributed by atoms with van der Waals surface area (Å²) in [5.74, 6) is -0.417. The number of pyridine rings is 2. The molecule has 4 rings (SSSR count). The Morgan fingerprint density at radius 3 is 2.62 bits per heavy atom. The van der Waals surface area contributed by atoms with Crippen molar-refractivity contribution in [3.05, 3.63) is 60.2 Å². The van der Waals surface area contributed by atoms with E-state index in [0.29, 0.717) is 27.7 Å². The molecule has 120 valence electrons. The van der Waals surface area contributed by atoms with Crippen LogP contribution < -0.4 is 0 Å². The molecule has 1 aliphatic rings. The number of halogens is 1. The zero-order chi connectivity index (χ0) is 16.5. The van der Waals surface area contributed by atoms with Crippen LogP contribution in [-0.4, -0.2) is 33.9 Å². The second kappa shape index (κ2) is 6.00. The predicted molar refractivity (Wildman–Crippen MR) is 90.1 cm³/mol. The Labute approximate surface area is 139 Å². The summed E-state index contributed by atoms with van der Waals surface area (Å²) in [6, 6.07) is 9.90. The van der Waals surface area contributed by atoms with Gasteiger partial charge in [0.15, 0.2) is 0 Å². The molecule has 1 aliphatic heterocycles. The van der Waals surface area contributed by atoms with Gasteiger partial charge in [-0.05, 0) is 43.2 Å². The molecule has 2 aromatic heterocycles. The smallest absolute Gasteiger partial charge is 0.256 e. The Hall–Kier alpha value is -2.82. The minimum Gasteiger partial charge on any atom is -0.339 e. The number of amides is 1. The van der Waals surface area contributed by atoms with Gasteiger partial charge in [-0.1, -0.05) is 6.07 Å². The first-order chi connectivity index (χ1) is 11.7. The van der Waals surface area contributed by atoms with Crippen molar-refractivity contribution in [3.63, 3.8) is 0 Å². The molecular formula is C19H16FN3O. The third kappa shape index (κ3) is 2.52. The second-order valence-corrected chi connectivity index (χ2v) is 5.93. The highest BCUT2D eigenvalue weighted by Gasteiger charge is 2.24. The van der Waals surface area contributed by atoms with E-state index in [9.17, 15) is 9.18 Å². The summed E-state index contributed by atoms with van der Waals surface area (Å²) >= 11 is 0. The number of carbonyl (C=O) groups is 1. The molecule has 3 aromatic rings. The van der Waals surface area contributed by atoms with Crippen molar-refractivity contribution in [1.82, 2.24) is 14.9 Å². The number of carbonyl (C=O) groups excluding carboxylic acids is 1. The van der Waals surface area contributed by atoms with Crippen molar-refractivity contribution in [2.45, 2.75) is 12.8 Å². The number of likely N-dealkylation sites (tertiary alicyclic amines) is 1. The van der Waals surface area contributed by atoms with E-state index in [2.05, 4.69) is 9.97 Å². The van der Waals surface area contributed by atoms with Crippen molar-refractivity contribution < 1.29 is 9.18 Å². The van der Waals surface area contributed by atoms with E-state index in [1.54, 1.807) is 36.7 Å². The van der Waals surface area contributed by atoms with Crippen LogP contribution in [0, 0.1) is 5.82 Å². The summed E-state index contributed by atoms with van der Waals surface area (Å²) in [6.07, 6.45) is 5.32. The zero-order valence-corrected chi connectivity index (χ0v) is 13.1. The highest BCUT2D eigenvalue weighted by atomic mass is 19.1. The molecule has 3 heterocycles. The summed E-state index contributed by atoms with van der Waals surface area (Å²) in [5, 5.41) is 0.692. The highest BCUT2D eigenvalue weighted by molar-refractivity contribution is 6.03. The standard InChI is InChI=1S/C19H16FN3O/c20-14-11-13-5-3-7-21-17(13)16(12-14)18-15(6-4-8-22-18)19(24)23-9-1-2-10-23/h3-8,11-12H,1-2,9-10H2. The number of fused-ring (bicyclic) bond motifs is 1. The van der Waals surface area contributed by atoms with Crippen LogP contribution in [0.15, 0.2) is 48.8 Å². The van der Waals surface area contributed by atoms with E-state index >= 15 is 0 Å². The van der Waals surface area contributed by atoms with Gasteiger partial charge < -0.3 is 4.90 Å². The first kappa shape index (κ1) is 14.8. The molecule has 0 N–H and O–H groups in total. The van der Waals surface area contributed by atoms with Crippen LogP contribution in [0.25, 0.3) is 22.2 Å². The maximum atomic E-state index is 14.1. The van der Waals surface area contributed by atoms with Crippen LogP contribution in [-0.2, 0) is 0 Å². The number of benzene rings is 1. The van der Waals surface area contributed by atoms with Crippen molar-refractivity contribution in [2.24, 2.45) is 0 Å². The van der Waals surface area contributed by atoms with E-state index < -0.39 is 0 Å². The molecule has 1 fully saturated rings. The molecular weight excluding hydrogens is 305 g/mol. The predicted octanol–water partition coefficient (Wildman–Crippen LogP) is 3.67. The van der Waals surface area contributed by atoms with E-state index in [-0.39, 0.29) is 11.7 Å². The Balaban J connectivity index is 1.90. The first-order valence-corrected chi connectivity index (χ1v) is 8.03. The molecule has 0 unspecified atom stereocenters. The molecule has 1 amide bonds. The van der Waals surface area contributed by atoms with E-state index in [0.717, 1.165) is 25.9 Å². The van der Waals surface area contributed by atoms with Crippen LogP contribution in [0.5, 0.6) is 0 Å². The largest absolute Gasteiger partial charge is 0.339 e. The average Bonchev–Trinajstić information content (AvgIpc) is 3.15. The van der Waals surface area contributed by atoms with Gasteiger partial charge in [0.25, 0.3) is 5.91 Å². The normalized spacial score (nSPS) is 14.3. The maximum absolute atomic E-state index is 14.1. The van der Waals surface area contributed by atoms with Gasteiger partial charge in [0.1, 0.15) is 5.82 Å². The summed E-state index contributed by atoms with van der Waals surface area (Å²) in [5.41, 5.74) is 2.18. The molecule has 0 spiro atoms. The fourth-order valence-corrected chi connectivity index (χ4v) is 3.22. The molecule has 0 bridgehead atoms. The minimum atomic E-state index is -0.365. The zero-order valence-electron chi connectivity index (χ0n) is 13.1. The number of hydrogen-bond donors (Lipinski definition) is 0. The van der Waals surface area contributed by atoms with E-state index in [1.807, 2.05) is 4.90 Å². The van der Waals surface area contributed by atoms with Crippen LogP contribution in [0.2, 0.25) is 0 Å². The molecule has 5 heteroatoms. The fraction of sp³-hybridized carbons (Fsp3) is 0.211. The van der Waals surface area contributed by atoms with Crippen molar-refractivity contribution >= 4 is 16.8 Å². The third-order valence-corrected chi connectivity index (χ3v) is 4.36. The van der Waals surface area contributed by atoms with E-state index in [1.165, 1.54) is 12.1 Å². The fourth-order valence-electron chi connectivity index (χ4n) is 3.22. The number of aromatic nitrogens is 2. The second-order valence-electron chi connectivity index (χ2n) is 5.93. The molecule has 0 saturated carbocycles. The Bertz CT molecular complexity index is 919. The lowest BCUT2D eigenvalue weighted by atomic mass is 10.0. The lowest BCUT2D eigenvalue weighted by Crippen LogP contribution is -2.28. The molecule has 0 aliphatic carbocycles. The SMILES string of the molecule is O=C(c1cccnc1-c1cc(F)cc2cccnc12)N1CCCC1. The quantitative estimate of drug-likeness (QED) is 0.723. The first-order valence-electron chi connectivity index (χ1n) is 8.03. The van der Waals surface area contributed by atoms with Crippen LogP contribution >= 0.6 is 0 Å². The van der Waals surface area contributed by atoms with Gasteiger partial charge in [-0.3, -0.25) is 14.8 Å². The topological polar surface area (TPSA) is 46.1 Å². The van der Waals surface area contributed by atoms with Gasteiger partial charge in [-0.2, -0.15) is 0 Å². The van der Waals surface area contributed by atoms with Gasteiger partial charge in [-0.25, -0.2) is 4.39 Å². The van der Waals surface area contributed by atoms with Gasteiger partial charge >= 0.3 is 0 Å². The number of hydrogen-bond acceptors (Lipinski definition) is 3. The van der Waals surface area contributed by atoms with Gasteiger partial charge in [0, 0.05) is 36.4 Å². The Morgan fingerprint density at radius 1 is 1.04 bits per heavy atom. The Morgan fingerprint density at radius 2 is 1.79 bits per heavy atom. The number of nitrogens with zero attached hydrogens (tertiary/aromatic N) is 3. The van der Waals surface area contributed by atoms with Gasteiger partial charge in [0.05, 0.1) is 16.8 Å². The highest BCUT2D eigenvalue weighted by Crippen LogP contribution is 2.30. The summed E-state index contributed by atoms with van der Waals surface area (Å²) in [6.45, 7) is 1.52. The monoisotopic (exact) mass is 321 g/mol. The number of rotatable bonds is 2.